The van der Waals surface area contributed by atoms with Crippen LogP contribution >= 0.6 is 0 Å². The fourth-order valence-electron chi connectivity index (χ4n) is 3.57. The summed E-state index contributed by atoms with van der Waals surface area (Å²) in [6.07, 6.45) is 4.09. The highest BCUT2D eigenvalue weighted by molar-refractivity contribution is 5.75. The molecule has 7 nitrogen and oxygen atoms in total. The molecule has 0 aliphatic carbocycles. The monoisotopic (exact) mass is 409 g/mol. The van der Waals surface area contributed by atoms with E-state index in [1.165, 1.54) is 6.07 Å². The fraction of sp³-hybridized carbons (Fsp3) is 0.364. The summed E-state index contributed by atoms with van der Waals surface area (Å²) in [4.78, 5) is 20.9. The molecule has 3 heterocycles. The second kappa shape index (κ2) is 8.22. The van der Waals surface area contributed by atoms with Crippen LogP contribution in [0.1, 0.15) is 29.1 Å². The molecular weight excluding hydrogens is 385 g/mol. The van der Waals surface area contributed by atoms with E-state index in [1.807, 2.05) is 39.1 Å². The van der Waals surface area contributed by atoms with Crippen LogP contribution in [-0.4, -0.2) is 38.3 Å². The second-order valence-electron chi connectivity index (χ2n) is 7.61. The van der Waals surface area contributed by atoms with E-state index in [9.17, 15) is 9.18 Å². The highest BCUT2D eigenvalue weighted by atomic mass is 19.1. The minimum absolute atomic E-state index is 0.0884. The normalized spacial score (nSPS) is 15.0. The van der Waals surface area contributed by atoms with Gasteiger partial charge in [-0.25, -0.2) is 9.37 Å². The molecule has 1 aromatic carbocycles. The zero-order valence-corrected chi connectivity index (χ0v) is 17.3. The number of nitrogens with zero attached hydrogens (tertiary/aromatic N) is 4. The molecule has 0 bridgehead atoms. The van der Waals surface area contributed by atoms with Crippen molar-refractivity contribution in [3.63, 3.8) is 0 Å². The summed E-state index contributed by atoms with van der Waals surface area (Å²) in [6, 6.07) is 5.23. The average molecular weight is 409 g/mol. The summed E-state index contributed by atoms with van der Waals surface area (Å²) in [5, 5.41) is 7.13. The first-order chi connectivity index (χ1) is 14.4. The van der Waals surface area contributed by atoms with Gasteiger partial charge in [-0.05, 0) is 39.0 Å². The number of carbonyl (C=O) groups is 1. The number of amides is 1. The number of carbonyl (C=O) groups excluding carboxylic acids is 1. The molecule has 0 spiro atoms. The van der Waals surface area contributed by atoms with Gasteiger partial charge in [-0.15, -0.1) is 0 Å². The smallest absolute Gasteiger partial charge is 0.221 e. The Hall–Kier alpha value is -3.29. The molecular formula is C22H24FN5O2. The quantitative estimate of drug-likeness (QED) is 0.677. The molecule has 1 unspecified atom stereocenters. The lowest BCUT2D eigenvalue weighted by atomic mass is 10.0. The topological polar surface area (TPSA) is 81.9 Å². The van der Waals surface area contributed by atoms with E-state index < -0.39 is 5.82 Å². The minimum Gasteiger partial charge on any atom is -0.485 e. The van der Waals surface area contributed by atoms with Crippen molar-refractivity contribution >= 4 is 5.91 Å². The number of rotatable bonds is 6. The Balaban J connectivity index is 1.37. The molecule has 0 saturated heterocycles. The Bertz CT molecular complexity index is 1100. The zero-order valence-electron chi connectivity index (χ0n) is 17.3. The third-order valence-corrected chi connectivity index (χ3v) is 5.07. The number of hydrogen-bond donors (Lipinski definition) is 1. The second-order valence-corrected chi connectivity index (χ2v) is 7.61. The summed E-state index contributed by atoms with van der Waals surface area (Å²) in [5.41, 5.74) is 4.57. The molecule has 0 radical (unpaired) electrons. The Morgan fingerprint density at radius 3 is 2.90 bits per heavy atom. The molecule has 0 fully saturated rings. The summed E-state index contributed by atoms with van der Waals surface area (Å²) in [7, 11) is 0. The number of ether oxygens (including phenoxy) is 1. The molecule has 4 rings (SSSR count). The van der Waals surface area contributed by atoms with Gasteiger partial charge in [0, 0.05) is 42.9 Å². The Kier molecular flexibility index (Phi) is 5.48. The van der Waals surface area contributed by atoms with Gasteiger partial charge in [-0.2, -0.15) is 5.10 Å². The van der Waals surface area contributed by atoms with Gasteiger partial charge < -0.3 is 10.1 Å². The predicted octanol–water partition coefficient (Wildman–Crippen LogP) is 2.91. The van der Waals surface area contributed by atoms with Crippen LogP contribution in [0.15, 0.2) is 30.6 Å². The summed E-state index contributed by atoms with van der Waals surface area (Å²) in [5.74, 6) is -0.258. The van der Waals surface area contributed by atoms with Crippen LogP contribution in [0, 0.1) is 26.6 Å². The number of nitrogens with one attached hydrogen (secondary N) is 1. The lowest BCUT2D eigenvalue weighted by molar-refractivity contribution is -0.121. The fourth-order valence-corrected chi connectivity index (χ4v) is 3.57. The van der Waals surface area contributed by atoms with Gasteiger partial charge in [0.25, 0.3) is 0 Å². The molecule has 1 aliphatic rings. The van der Waals surface area contributed by atoms with Crippen molar-refractivity contribution in [2.45, 2.75) is 46.3 Å². The molecule has 30 heavy (non-hydrogen) atoms. The molecule has 156 valence electrons. The molecule has 2 aromatic heterocycles. The van der Waals surface area contributed by atoms with Crippen LogP contribution in [0.3, 0.4) is 0 Å². The summed E-state index contributed by atoms with van der Waals surface area (Å²) < 4.78 is 22.2. The van der Waals surface area contributed by atoms with Gasteiger partial charge >= 0.3 is 0 Å². The standard InChI is InChI=1S/C22H24FN5O2/c1-13-4-6-28(27-13)7-5-20(29)25-12-18-9-17-8-16(10-19(23)22(17)30-18)21-15(3)24-11-14(2)26-21/h4,6,8,10-11,18H,5,7,9,12H2,1-3H3,(H,25,29). The molecule has 3 aromatic rings. The lowest BCUT2D eigenvalue weighted by Gasteiger charge is -2.12. The van der Waals surface area contributed by atoms with Crippen molar-refractivity contribution in [2.24, 2.45) is 0 Å². The highest BCUT2D eigenvalue weighted by Gasteiger charge is 2.27. The third kappa shape index (κ3) is 4.32. The van der Waals surface area contributed by atoms with Crippen molar-refractivity contribution in [3.05, 3.63) is 59.1 Å². The van der Waals surface area contributed by atoms with Crippen molar-refractivity contribution in [1.82, 2.24) is 25.1 Å². The molecule has 1 atom stereocenters. The van der Waals surface area contributed by atoms with E-state index in [1.54, 1.807) is 10.9 Å². The number of fused-ring (bicyclic) bond motifs is 1. The van der Waals surface area contributed by atoms with E-state index in [-0.39, 0.29) is 17.8 Å². The van der Waals surface area contributed by atoms with Crippen LogP contribution in [0.25, 0.3) is 11.3 Å². The van der Waals surface area contributed by atoms with Crippen LogP contribution < -0.4 is 10.1 Å². The number of halogens is 1. The molecule has 1 amide bonds. The number of aryl methyl sites for hydroxylation is 4. The average Bonchev–Trinajstić information content (AvgIpc) is 3.32. The number of benzene rings is 1. The zero-order chi connectivity index (χ0) is 21.3. The maximum atomic E-state index is 14.7. The summed E-state index contributed by atoms with van der Waals surface area (Å²) >= 11 is 0. The van der Waals surface area contributed by atoms with Crippen LogP contribution in [0.2, 0.25) is 0 Å². The Morgan fingerprint density at radius 2 is 2.13 bits per heavy atom. The van der Waals surface area contributed by atoms with Gasteiger partial charge in [0.05, 0.1) is 29.3 Å². The predicted molar refractivity (Wildman–Crippen MR) is 110 cm³/mol. The maximum absolute atomic E-state index is 14.7. The lowest BCUT2D eigenvalue weighted by Crippen LogP contribution is -2.34. The largest absolute Gasteiger partial charge is 0.485 e. The van der Waals surface area contributed by atoms with Gasteiger partial charge in [0.1, 0.15) is 6.10 Å². The van der Waals surface area contributed by atoms with Gasteiger partial charge in [-0.1, -0.05) is 0 Å². The van der Waals surface area contributed by atoms with Crippen molar-refractivity contribution < 1.29 is 13.9 Å². The molecule has 8 heteroatoms. The Morgan fingerprint density at radius 1 is 1.30 bits per heavy atom. The molecule has 1 N–H and O–H groups in total. The first-order valence-electron chi connectivity index (χ1n) is 9.95. The SMILES string of the molecule is Cc1cnc(C)c(-c2cc(F)c3c(c2)CC(CNC(=O)CCn2ccc(C)n2)O3)n1. The number of hydrogen-bond acceptors (Lipinski definition) is 5. The van der Waals surface area contributed by atoms with E-state index in [0.717, 1.165) is 22.6 Å². The van der Waals surface area contributed by atoms with E-state index in [0.29, 0.717) is 37.2 Å². The van der Waals surface area contributed by atoms with Crippen LogP contribution in [-0.2, 0) is 17.8 Å². The van der Waals surface area contributed by atoms with E-state index >= 15 is 0 Å². The van der Waals surface area contributed by atoms with Gasteiger partial charge in [-0.3, -0.25) is 14.5 Å². The maximum Gasteiger partial charge on any atom is 0.221 e. The molecule has 0 saturated carbocycles. The summed E-state index contributed by atoms with van der Waals surface area (Å²) in [6.45, 7) is 6.45. The number of aromatic nitrogens is 4. The van der Waals surface area contributed by atoms with Crippen LogP contribution in [0.4, 0.5) is 4.39 Å². The first-order valence-corrected chi connectivity index (χ1v) is 9.95. The van der Waals surface area contributed by atoms with E-state index in [2.05, 4.69) is 20.4 Å². The highest BCUT2D eigenvalue weighted by Crippen LogP contribution is 2.35. The first kappa shape index (κ1) is 20.0. The van der Waals surface area contributed by atoms with Gasteiger partial charge in [0.15, 0.2) is 11.6 Å². The Labute approximate surface area is 174 Å². The third-order valence-electron chi connectivity index (χ3n) is 5.07. The van der Waals surface area contributed by atoms with Crippen molar-refractivity contribution in [2.75, 3.05) is 6.54 Å². The van der Waals surface area contributed by atoms with E-state index in [4.69, 9.17) is 4.74 Å². The molecule has 1 aliphatic heterocycles. The van der Waals surface area contributed by atoms with Crippen molar-refractivity contribution in [1.29, 1.82) is 0 Å². The minimum atomic E-state index is -0.423. The van der Waals surface area contributed by atoms with Crippen LogP contribution in [0.5, 0.6) is 5.75 Å². The van der Waals surface area contributed by atoms with Crippen molar-refractivity contribution in [3.8, 4) is 17.0 Å². The van der Waals surface area contributed by atoms with Gasteiger partial charge in [0.2, 0.25) is 5.91 Å².